The first-order valence-electron chi connectivity index (χ1n) is 10.2. The van der Waals surface area contributed by atoms with Crippen molar-refractivity contribution in [2.24, 2.45) is 0 Å². The fourth-order valence-corrected chi connectivity index (χ4v) is 4.24. The summed E-state index contributed by atoms with van der Waals surface area (Å²) in [5.74, 6) is 0.834. The van der Waals surface area contributed by atoms with Gasteiger partial charge in [-0.25, -0.2) is 0 Å². The SMILES string of the molecule is Cc1ccc(-c2nnc(SCC(=O)Nc3ccc(Cl)cc3C)n2-c2ccc(C)cc2)cc1. The van der Waals surface area contributed by atoms with E-state index in [0.717, 1.165) is 28.3 Å². The van der Waals surface area contributed by atoms with Gasteiger partial charge in [0.05, 0.1) is 5.75 Å². The lowest BCUT2D eigenvalue weighted by atomic mass is 10.1. The van der Waals surface area contributed by atoms with E-state index < -0.39 is 0 Å². The minimum absolute atomic E-state index is 0.115. The normalized spacial score (nSPS) is 10.9. The molecule has 5 nitrogen and oxygen atoms in total. The van der Waals surface area contributed by atoms with Crippen LogP contribution in [-0.4, -0.2) is 26.4 Å². The molecule has 0 spiro atoms. The fourth-order valence-electron chi connectivity index (χ4n) is 3.26. The Hall–Kier alpha value is -3.09. The van der Waals surface area contributed by atoms with E-state index in [2.05, 4.69) is 53.6 Å². The maximum atomic E-state index is 12.6. The van der Waals surface area contributed by atoms with E-state index in [4.69, 9.17) is 11.6 Å². The van der Waals surface area contributed by atoms with Crippen LogP contribution in [0.2, 0.25) is 5.02 Å². The molecule has 0 radical (unpaired) electrons. The van der Waals surface area contributed by atoms with E-state index in [1.54, 1.807) is 6.07 Å². The summed E-state index contributed by atoms with van der Waals surface area (Å²) in [4.78, 5) is 12.6. The summed E-state index contributed by atoms with van der Waals surface area (Å²) < 4.78 is 2.00. The van der Waals surface area contributed by atoms with Crippen molar-refractivity contribution in [3.63, 3.8) is 0 Å². The number of carbonyl (C=O) groups is 1. The average Bonchev–Trinajstić information content (AvgIpc) is 3.19. The zero-order chi connectivity index (χ0) is 22.7. The lowest BCUT2D eigenvalue weighted by Gasteiger charge is -2.12. The topological polar surface area (TPSA) is 59.8 Å². The average molecular weight is 463 g/mol. The molecule has 0 saturated carbocycles. The van der Waals surface area contributed by atoms with Crippen LogP contribution in [0.5, 0.6) is 0 Å². The van der Waals surface area contributed by atoms with Gasteiger partial charge in [0.25, 0.3) is 0 Å². The van der Waals surface area contributed by atoms with Gasteiger partial charge in [-0.2, -0.15) is 0 Å². The number of aryl methyl sites for hydroxylation is 3. The molecule has 0 saturated heterocycles. The van der Waals surface area contributed by atoms with Crippen LogP contribution in [0.3, 0.4) is 0 Å². The van der Waals surface area contributed by atoms with Crippen LogP contribution >= 0.6 is 23.4 Å². The number of rotatable bonds is 6. The molecule has 1 heterocycles. The molecule has 0 aliphatic heterocycles. The van der Waals surface area contributed by atoms with Crippen molar-refractivity contribution >= 4 is 35.0 Å². The van der Waals surface area contributed by atoms with Gasteiger partial charge in [0.2, 0.25) is 5.91 Å². The molecule has 0 aliphatic carbocycles. The van der Waals surface area contributed by atoms with Gasteiger partial charge >= 0.3 is 0 Å². The Labute approximate surface area is 196 Å². The fraction of sp³-hybridized carbons (Fsp3) is 0.160. The van der Waals surface area contributed by atoms with E-state index in [9.17, 15) is 4.79 Å². The van der Waals surface area contributed by atoms with Crippen molar-refractivity contribution < 1.29 is 4.79 Å². The maximum absolute atomic E-state index is 12.6. The van der Waals surface area contributed by atoms with Crippen molar-refractivity contribution in [1.82, 2.24) is 14.8 Å². The highest BCUT2D eigenvalue weighted by Gasteiger charge is 2.17. The Balaban J connectivity index is 1.60. The first-order valence-corrected chi connectivity index (χ1v) is 11.6. The summed E-state index contributed by atoms with van der Waals surface area (Å²) in [7, 11) is 0. The quantitative estimate of drug-likeness (QED) is 0.344. The molecule has 1 N–H and O–H groups in total. The van der Waals surface area contributed by atoms with Crippen molar-refractivity contribution in [2.45, 2.75) is 25.9 Å². The summed E-state index contributed by atoms with van der Waals surface area (Å²) in [5.41, 5.74) is 5.94. The maximum Gasteiger partial charge on any atom is 0.234 e. The zero-order valence-electron chi connectivity index (χ0n) is 18.1. The molecule has 32 heavy (non-hydrogen) atoms. The number of benzene rings is 3. The lowest BCUT2D eigenvalue weighted by molar-refractivity contribution is -0.113. The van der Waals surface area contributed by atoms with Gasteiger partial charge < -0.3 is 5.32 Å². The molecular formula is C25H23ClN4OS. The molecule has 7 heteroatoms. The Morgan fingerprint density at radius 1 is 0.938 bits per heavy atom. The minimum Gasteiger partial charge on any atom is -0.325 e. The second-order valence-corrected chi connectivity index (χ2v) is 9.02. The third kappa shape index (κ3) is 5.03. The highest BCUT2D eigenvalue weighted by molar-refractivity contribution is 7.99. The first-order chi connectivity index (χ1) is 15.4. The molecule has 4 aromatic rings. The van der Waals surface area contributed by atoms with Gasteiger partial charge in [0.1, 0.15) is 0 Å². The van der Waals surface area contributed by atoms with Gasteiger partial charge in [0, 0.05) is 22.0 Å². The van der Waals surface area contributed by atoms with Crippen molar-refractivity contribution in [3.8, 4) is 17.1 Å². The van der Waals surface area contributed by atoms with Crippen molar-refractivity contribution in [3.05, 3.63) is 88.4 Å². The smallest absolute Gasteiger partial charge is 0.234 e. The number of thioether (sulfide) groups is 1. The number of anilines is 1. The minimum atomic E-state index is -0.115. The summed E-state index contributed by atoms with van der Waals surface area (Å²) in [6.07, 6.45) is 0. The largest absolute Gasteiger partial charge is 0.325 e. The monoisotopic (exact) mass is 462 g/mol. The molecule has 1 aromatic heterocycles. The highest BCUT2D eigenvalue weighted by atomic mass is 35.5. The van der Waals surface area contributed by atoms with Crippen LogP contribution < -0.4 is 5.32 Å². The summed E-state index contributed by atoms with van der Waals surface area (Å²) in [5, 5.41) is 13.1. The summed E-state index contributed by atoms with van der Waals surface area (Å²) >= 11 is 7.36. The highest BCUT2D eigenvalue weighted by Crippen LogP contribution is 2.29. The molecule has 0 atom stereocenters. The van der Waals surface area contributed by atoms with Gasteiger partial charge in [-0.05, 0) is 56.7 Å². The molecule has 0 bridgehead atoms. The van der Waals surface area contributed by atoms with E-state index in [1.165, 1.54) is 22.9 Å². The lowest BCUT2D eigenvalue weighted by Crippen LogP contribution is -2.15. The third-order valence-corrected chi connectivity index (χ3v) is 6.19. The second-order valence-electron chi connectivity index (χ2n) is 7.64. The number of hydrogen-bond acceptors (Lipinski definition) is 4. The zero-order valence-corrected chi connectivity index (χ0v) is 19.7. The predicted molar refractivity (Wildman–Crippen MR) is 132 cm³/mol. The number of carbonyl (C=O) groups excluding carboxylic acids is 1. The van der Waals surface area contributed by atoms with Crippen LogP contribution in [0.4, 0.5) is 5.69 Å². The van der Waals surface area contributed by atoms with Gasteiger partial charge in [0.15, 0.2) is 11.0 Å². The third-order valence-electron chi connectivity index (χ3n) is 5.03. The molecule has 0 unspecified atom stereocenters. The Kier molecular flexibility index (Phi) is 6.63. The summed E-state index contributed by atoms with van der Waals surface area (Å²) in [6, 6.07) is 21.8. The standard InChI is InChI=1S/C25H23ClN4OS/c1-16-4-8-19(9-5-16)24-28-29-25(30(24)21-11-6-17(2)7-12-21)32-15-23(31)27-22-13-10-20(26)14-18(22)3/h4-14H,15H2,1-3H3,(H,27,31). The Bertz CT molecular complexity index is 1250. The number of halogens is 1. The second kappa shape index (κ2) is 9.59. The molecule has 0 aliphatic rings. The van der Waals surface area contributed by atoms with Gasteiger partial charge in [-0.1, -0.05) is 70.9 Å². The molecule has 0 fully saturated rings. The van der Waals surface area contributed by atoms with Gasteiger partial charge in [-0.15, -0.1) is 10.2 Å². The molecule has 1 amide bonds. The van der Waals surface area contributed by atoms with E-state index in [-0.39, 0.29) is 11.7 Å². The number of aromatic nitrogens is 3. The van der Waals surface area contributed by atoms with E-state index in [1.807, 2.05) is 47.9 Å². The Morgan fingerprint density at radius 3 is 2.25 bits per heavy atom. The van der Waals surface area contributed by atoms with Crippen molar-refractivity contribution in [2.75, 3.05) is 11.1 Å². The Morgan fingerprint density at radius 2 is 1.59 bits per heavy atom. The van der Waals surface area contributed by atoms with Crippen molar-refractivity contribution in [1.29, 1.82) is 0 Å². The molecular weight excluding hydrogens is 440 g/mol. The predicted octanol–water partition coefficient (Wildman–Crippen LogP) is 6.24. The number of hydrogen-bond donors (Lipinski definition) is 1. The number of nitrogens with zero attached hydrogens (tertiary/aromatic N) is 3. The van der Waals surface area contributed by atoms with Crippen LogP contribution in [0.15, 0.2) is 71.9 Å². The first kappa shape index (κ1) is 22.1. The molecule has 4 rings (SSSR count). The van der Waals surface area contributed by atoms with Gasteiger partial charge in [-0.3, -0.25) is 9.36 Å². The van der Waals surface area contributed by atoms with Crippen LogP contribution in [0, 0.1) is 20.8 Å². The number of amides is 1. The molecule has 162 valence electrons. The van der Waals surface area contributed by atoms with E-state index in [0.29, 0.717) is 10.2 Å². The van der Waals surface area contributed by atoms with Crippen LogP contribution in [0.25, 0.3) is 17.1 Å². The summed E-state index contributed by atoms with van der Waals surface area (Å²) in [6.45, 7) is 6.02. The number of nitrogens with one attached hydrogen (secondary N) is 1. The van der Waals surface area contributed by atoms with Crippen LogP contribution in [0.1, 0.15) is 16.7 Å². The van der Waals surface area contributed by atoms with E-state index >= 15 is 0 Å². The van der Waals surface area contributed by atoms with Crippen LogP contribution in [-0.2, 0) is 4.79 Å². The molecule has 3 aromatic carbocycles.